The molecule has 4 rings (SSSR count). The summed E-state index contributed by atoms with van der Waals surface area (Å²) < 4.78 is 0. The normalized spacial score (nSPS) is 12.8. The van der Waals surface area contributed by atoms with E-state index in [1.807, 2.05) is 24.3 Å². The summed E-state index contributed by atoms with van der Waals surface area (Å²) in [6.07, 6.45) is 2.87. The number of rotatable bonds is 8. The number of fused-ring (bicyclic) bond motifs is 1. The van der Waals surface area contributed by atoms with Gasteiger partial charge >= 0.3 is 12.0 Å². The first kappa shape index (κ1) is 24.4. The maximum Gasteiger partial charge on any atom is 0.323 e. The highest BCUT2D eigenvalue weighted by atomic mass is 16.4. The largest absolute Gasteiger partial charge is 0.481 e. The monoisotopic (exact) mass is 487 g/mol. The molecular weight excluding hydrogens is 462 g/mol. The Kier molecular flexibility index (Phi) is 7.54. The van der Waals surface area contributed by atoms with E-state index in [2.05, 4.69) is 20.9 Å². The maximum atomic E-state index is 13.0. The Morgan fingerprint density at radius 3 is 2.47 bits per heavy atom. The Morgan fingerprint density at radius 1 is 0.972 bits per heavy atom. The molecule has 184 valence electrons. The van der Waals surface area contributed by atoms with E-state index in [0.29, 0.717) is 35.6 Å². The molecule has 2 aromatic carbocycles. The van der Waals surface area contributed by atoms with Gasteiger partial charge in [-0.15, -0.1) is 0 Å². The first-order chi connectivity index (χ1) is 17.4. The molecule has 4 N–H and O–H groups in total. The number of carbonyl (C=O) groups excluding carboxylic acids is 3. The van der Waals surface area contributed by atoms with Crippen molar-refractivity contribution < 1.29 is 24.3 Å². The second-order valence-electron chi connectivity index (χ2n) is 8.27. The summed E-state index contributed by atoms with van der Waals surface area (Å²) in [6, 6.07) is 16.4. The average Bonchev–Trinajstić information content (AvgIpc) is 3.28. The highest BCUT2D eigenvalue weighted by molar-refractivity contribution is 6.07. The van der Waals surface area contributed by atoms with E-state index in [1.165, 1.54) is 11.1 Å². The van der Waals surface area contributed by atoms with Crippen LogP contribution in [0.2, 0.25) is 0 Å². The smallest absolute Gasteiger partial charge is 0.323 e. The molecule has 0 aliphatic carbocycles. The van der Waals surface area contributed by atoms with Crippen molar-refractivity contribution in [2.24, 2.45) is 0 Å². The lowest BCUT2D eigenvalue weighted by Gasteiger charge is -2.20. The molecular formula is C26H25N5O5. The Bertz CT molecular complexity index is 1270. The standard InChI is InChI=1S/C26H25N5O5/c32-23(30-21(14-25(34)35)18-5-4-11-27-16-18)15-24(33)31-12-10-17-8-9-20(13-22(17)31)29-26(36)28-19-6-2-1-3-7-19/h1-9,11,13,16,21H,10,12,14-15H2,(H,30,32)(H,34,35)(H2,28,29,36). The number of nitrogens with one attached hydrogen (secondary N) is 3. The van der Waals surface area contributed by atoms with Crippen LogP contribution >= 0.6 is 0 Å². The zero-order chi connectivity index (χ0) is 25.5. The molecule has 0 saturated heterocycles. The van der Waals surface area contributed by atoms with Crippen LogP contribution in [0.3, 0.4) is 0 Å². The molecule has 36 heavy (non-hydrogen) atoms. The predicted octanol–water partition coefficient (Wildman–Crippen LogP) is 3.34. The number of aliphatic carboxylic acids is 1. The molecule has 1 aliphatic heterocycles. The Morgan fingerprint density at radius 2 is 1.75 bits per heavy atom. The Balaban J connectivity index is 1.39. The first-order valence-electron chi connectivity index (χ1n) is 11.4. The van der Waals surface area contributed by atoms with Gasteiger partial charge in [0.2, 0.25) is 11.8 Å². The van der Waals surface area contributed by atoms with Crippen LogP contribution in [0.25, 0.3) is 0 Å². The lowest BCUT2D eigenvalue weighted by Crippen LogP contribution is -2.36. The SMILES string of the molecule is O=C(O)CC(NC(=O)CC(=O)N1CCc2ccc(NC(=O)Nc3ccccc3)cc21)c1cccnc1. The number of carboxylic acids is 1. The minimum absolute atomic E-state index is 0.335. The summed E-state index contributed by atoms with van der Waals surface area (Å²) in [6.45, 7) is 0.405. The van der Waals surface area contributed by atoms with Gasteiger partial charge in [0, 0.05) is 36.0 Å². The van der Waals surface area contributed by atoms with Gasteiger partial charge in [-0.25, -0.2) is 4.79 Å². The fourth-order valence-electron chi connectivity index (χ4n) is 4.02. The summed E-state index contributed by atoms with van der Waals surface area (Å²) in [7, 11) is 0. The number of pyridine rings is 1. The summed E-state index contributed by atoms with van der Waals surface area (Å²) in [4.78, 5) is 54.7. The van der Waals surface area contributed by atoms with Crippen molar-refractivity contribution in [3.05, 3.63) is 84.2 Å². The predicted molar refractivity (Wildman–Crippen MR) is 134 cm³/mol. The highest BCUT2D eigenvalue weighted by Gasteiger charge is 2.28. The van der Waals surface area contributed by atoms with Gasteiger partial charge in [0.05, 0.1) is 12.5 Å². The van der Waals surface area contributed by atoms with Crippen molar-refractivity contribution in [2.45, 2.75) is 25.3 Å². The average molecular weight is 488 g/mol. The van der Waals surface area contributed by atoms with Crippen LogP contribution < -0.4 is 20.9 Å². The third kappa shape index (κ3) is 6.23. The van der Waals surface area contributed by atoms with E-state index >= 15 is 0 Å². The van der Waals surface area contributed by atoms with Gasteiger partial charge < -0.3 is 26.0 Å². The number of urea groups is 1. The minimum atomic E-state index is -1.08. The number of carbonyl (C=O) groups is 4. The van der Waals surface area contributed by atoms with Gasteiger partial charge in [0.15, 0.2) is 0 Å². The maximum absolute atomic E-state index is 13.0. The van der Waals surface area contributed by atoms with Gasteiger partial charge in [-0.05, 0) is 47.9 Å². The summed E-state index contributed by atoms with van der Waals surface area (Å²) in [5.41, 5.74) is 3.24. The van der Waals surface area contributed by atoms with Crippen molar-refractivity contribution >= 4 is 40.9 Å². The molecule has 3 aromatic rings. The molecule has 0 spiro atoms. The van der Waals surface area contributed by atoms with Crippen molar-refractivity contribution in [1.82, 2.24) is 10.3 Å². The summed E-state index contributed by atoms with van der Waals surface area (Å²) >= 11 is 0. The molecule has 1 aliphatic rings. The first-order valence-corrected chi connectivity index (χ1v) is 11.4. The van der Waals surface area contributed by atoms with Crippen molar-refractivity contribution in [1.29, 1.82) is 0 Å². The van der Waals surface area contributed by atoms with Gasteiger partial charge in [-0.1, -0.05) is 30.3 Å². The molecule has 1 unspecified atom stereocenters. The lowest BCUT2D eigenvalue weighted by molar-refractivity contribution is -0.137. The molecule has 0 radical (unpaired) electrons. The summed E-state index contributed by atoms with van der Waals surface area (Å²) in [5.74, 6) is -2.09. The molecule has 1 atom stereocenters. The topological polar surface area (TPSA) is 141 Å². The van der Waals surface area contributed by atoms with E-state index in [9.17, 15) is 24.3 Å². The summed E-state index contributed by atoms with van der Waals surface area (Å²) in [5, 5.41) is 17.3. The lowest BCUT2D eigenvalue weighted by atomic mass is 10.1. The van der Waals surface area contributed by atoms with Crippen molar-refractivity contribution in [3.8, 4) is 0 Å². The van der Waals surface area contributed by atoms with Crippen LogP contribution in [0.4, 0.5) is 21.9 Å². The fourth-order valence-corrected chi connectivity index (χ4v) is 4.02. The molecule has 0 fully saturated rings. The van der Waals surface area contributed by atoms with E-state index in [4.69, 9.17) is 0 Å². The van der Waals surface area contributed by atoms with Crippen LogP contribution in [-0.2, 0) is 20.8 Å². The molecule has 10 heteroatoms. The molecule has 0 bridgehead atoms. The van der Waals surface area contributed by atoms with Crippen LogP contribution in [0.15, 0.2) is 73.1 Å². The number of hydrogen-bond acceptors (Lipinski definition) is 5. The fraction of sp³-hybridized carbons (Fsp3) is 0.192. The van der Waals surface area contributed by atoms with E-state index in [1.54, 1.807) is 42.6 Å². The van der Waals surface area contributed by atoms with Gasteiger partial charge in [-0.2, -0.15) is 0 Å². The molecule has 1 aromatic heterocycles. The number of amides is 4. The van der Waals surface area contributed by atoms with Gasteiger partial charge in [0.25, 0.3) is 0 Å². The van der Waals surface area contributed by atoms with Gasteiger partial charge in [-0.3, -0.25) is 19.4 Å². The minimum Gasteiger partial charge on any atom is -0.481 e. The zero-order valence-electron chi connectivity index (χ0n) is 19.3. The number of carboxylic acid groups (broad SMARTS) is 1. The van der Waals surface area contributed by atoms with Crippen molar-refractivity contribution in [2.75, 3.05) is 22.1 Å². The number of nitrogens with zero attached hydrogens (tertiary/aromatic N) is 2. The zero-order valence-corrected chi connectivity index (χ0v) is 19.3. The number of benzene rings is 2. The number of anilines is 3. The Hall–Kier alpha value is -4.73. The van der Waals surface area contributed by atoms with Crippen molar-refractivity contribution in [3.63, 3.8) is 0 Å². The van der Waals surface area contributed by atoms with Crippen LogP contribution in [0.1, 0.15) is 30.0 Å². The second-order valence-corrected chi connectivity index (χ2v) is 8.27. The third-order valence-corrected chi connectivity index (χ3v) is 5.68. The number of hydrogen-bond donors (Lipinski definition) is 4. The highest BCUT2D eigenvalue weighted by Crippen LogP contribution is 2.31. The van der Waals surface area contributed by atoms with Gasteiger partial charge in [0.1, 0.15) is 6.42 Å². The van der Waals surface area contributed by atoms with E-state index in [0.717, 1.165) is 5.56 Å². The van der Waals surface area contributed by atoms with E-state index < -0.39 is 36.3 Å². The van der Waals surface area contributed by atoms with E-state index in [-0.39, 0.29) is 6.42 Å². The number of aromatic nitrogens is 1. The van der Waals surface area contributed by atoms with Crippen LogP contribution in [0, 0.1) is 0 Å². The van der Waals surface area contributed by atoms with Crippen LogP contribution in [-0.4, -0.2) is 40.5 Å². The Labute approximate surface area is 207 Å². The molecule has 0 saturated carbocycles. The third-order valence-electron chi connectivity index (χ3n) is 5.68. The number of para-hydroxylation sites is 1. The quantitative estimate of drug-likeness (QED) is 0.359. The van der Waals surface area contributed by atoms with Crippen LogP contribution in [0.5, 0.6) is 0 Å². The second kappa shape index (κ2) is 11.1. The molecule has 10 nitrogen and oxygen atoms in total. The molecule has 2 heterocycles. The molecule has 4 amide bonds.